The zero-order chi connectivity index (χ0) is 28.4. The Morgan fingerprint density at radius 3 is 2.50 bits per heavy atom. The highest BCUT2D eigenvalue weighted by atomic mass is 16.6. The van der Waals surface area contributed by atoms with Gasteiger partial charge in [0.15, 0.2) is 0 Å². The molecule has 0 aromatic heterocycles. The van der Waals surface area contributed by atoms with E-state index in [1.807, 2.05) is 0 Å². The number of rotatable bonds is 4. The lowest BCUT2D eigenvalue weighted by Gasteiger charge is -2.62. The fourth-order valence-corrected chi connectivity index (χ4v) is 10.7. The van der Waals surface area contributed by atoms with E-state index in [0.717, 1.165) is 71.0 Å². The number of alkyl carbamates (subject to hydrolysis) is 1. The van der Waals surface area contributed by atoms with Crippen molar-refractivity contribution in [3.05, 3.63) is 12.2 Å². The summed E-state index contributed by atoms with van der Waals surface area (Å²) in [7, 11) is 1.79. The molecule has 2 amide bonds. The molecule has 222 valence electrons. The summed E-state index contributed by atoms with van der Waals surface area (Å²) in [4.78, 5) is 43.8. The quantitative estimate of drug-likeness (QED) is 0.470. The summed E-state index contributed by atoms with van der Waals surface area (Å²) in [5.41, 5.74) is -1.17. The van der Waals surface area contributed by atoms with Crippen LogP contribution in [0.5, 0.6) is 0 Å². The van der Waals surface area contributed by atoms with Gasteiger partial charge >= 0.3 is 6.09 Å². The van der Waals surface area contributed by atoms with E-state index >= 15 is 0 Å². The van der Waals surface area contributed by atoms with Crippen LogP contribution in [-0.2, 0) is 19.1 Å². The van der Waals surface area contributed by atoms with Crippen molar-refractivity contribution in [3.8, 4) is 0 Å². The highest BCUT2D eigenvalue weighted by Crippen LogP contribution is 2.69. The SMILES string of the molecule is CO[C@@H]1CCC23CC[C@@H](C)[C@](C)(C12)[C@H](OC(=O)NC(=O)[C@H]1CN2CC[C@@H]1C2)C[C@@](C)(C1C=CCCC1)C(=O)[C@@H]3C. The van der Waals surface area contributed by atoms with Gasteiger partial charge < -0.3 is 14.4 Å². The van der Waals surface area contributed by atoms with Crippen LogP contribution in [0.1, 0.15) is 85.5 Å². The number of methoxy groups -OCH3 is 1. The molecular formula is C33H50N2O5. The third kappa shape index (κ3) is 4.15. The minimum Gasteiger partial charge on any atom is -0.445 e. The van der Waals surface area contributed by atoms with Gasteiger partial charge in [-0.1, -0.05) is 39.8 Å². The second kappa shape index (κ2) is 10.2. The van der Waals surface area contributed by atoms with Crippen molar-refractivity contribution < 1.29 is 23.9 Å². The molecule has 6 aliphatic rings. The van der Waals surface area contributed by atoms with Crippen LogP contribution in [0.2, 0.25) is 0 Å². The lowest BCUT2D eigenvalue weighted by Crippen LogP contribution is -2.64. The van der Waals surface area contributed by atoms with E-state index < -0.39 is 17.6 Å². The van der Waals surface area contributed by atoms with Gasteiger partial charge in [0, 0.05) is 42.9 Å². The highest BCUT2D eigenvalue weighted by molar-refractivity contribution is 5.94. The third-order valence-corrected chi connectivity index (χ3v) is 13.3. The first-order valence-electron chi connectivity index (χ1n) is 16.0. The number of piperidine rings is 1. The van der Waals surface area contributed by atoms with Crippen molar-refractivity contribution in [3.63, 3.8) is 0 Å². The van der Waals surface area contributed by atoms with E-state index in [1.165, 1.54) is 0 Å². The van der Waals surface area contributed by atoms with Crippen LogP contribution < -0.4 is 5.32 Å². The van der Waals surface area contributed by atoms with Crippen molar-refractivity contribution in [1.29, 1.82) is 0 Å². The fourth-order valence-electron chi connectivity index (χ4n) is 10.7. The Hall–Kier alpha value is -1.73. The summed E-state index contributed by atoms with van der Waals surface area (Å²) >= 11 is 0. The third-order valence-electron chi connectivity index (χ3n) is 13.3. The molecule has 2 heterocycles. The van der Waals surface area contributed by atoms with Crippen LogP contribution in [0.25, 0.3) is 0 Å². The number of ketones is 1. The first-order chi connectivity index (χ1) is 19.0. The molecule has 2 aliphatic heterocycles. The number of carbonyl (C=O) groups excluding carboxylic acids is 3. The second-order valence-corrected chi connectivity index (χ2v) is 14.8. The number of Topliss-reactive ketones (excluding diaryl/α,β-unsaturated/α-hetero) is 1. The average Bonchev–Trinajstić information content (AvgIpc) is 3.69. The van der Waals surface area contributed by atoms with Crippen LogP contribution in [0.15, 0.2) is 12.2 Å². The molecule has 0 spiro atoms. The molecule has 4 bridgehead atoms. The van der Waals surface area contributed by atoms with Crippen molar-refractivity contribution in [2.24, 2.45) is 51.8 Å². The minimum absolute atomic E-state index is 0.0285. The molecule has 4 unspecified atom stereocenters. The van der Waals surface area contributed by atoms with Gasteiger partial charge in [-0.05, 0) is 87.5 Å². The average molecular weight is 555 g/mol. The normalized spacial score (nSPS) is 49.7. The summed E-state index contributed by atoms with van der Waals surface area (Å²) in [6.07, 6.45) is 11.9. The Morgan fingerprint density at radius 1 is 1.07 bits per heavy atom. The first kappa shape index (κ1) is 28.4. The van der Waals surface area contributed by atoms with Gasteiger partial charge in [0.1, 0.15) is 11.9 Å². The van der Waals surface area contributed by atoms with Gasteiger partial charge in [-0.25, -0.2) is 4.79 Å². The number of ether oxygens (including phenoxy) is 2. The smallest absolute Gasteiger partial charge is 0.414 e. The summed E-state index contributed by atoms with van der Waals surface area (Å²) in [5, 5.41) is 2.65. The number of imide groups is 1. The van der Waals surface area contributed by atoms with Crippen LogP contribution in [-0.4, -0.2) is 61.6 Å². The van der Waals surface area contributed by atoms with Gasteiger partial charge in [0.2, 0.25) is 5.91 Å². The van der Waals surface area contributed by atoms with Gasteiger partial charge in [-0.2, -0.15) is 0 Å². The number of hydrogen-bond donors (Lipinski definition) is 1. The number of hydrogen-bond acceptors (Lipinski definition) is 6. The Bertz CT molecular complexity index is 1080. The van der Waals surface area contributed by atoms with E-state index in [9.17, 15) is 14.4 Å². The van der Waals surface area contributed by atoms with Gasteiger partial charge in [0.05, 0.1) is 12.0 Å². The zero-order valence-corrected chi connectivity index (χ0v) is 25.2. The molecule has 4 aliphatic carbocycles. The Morgan fingerprint density at radius 2 is 1.85 bits per heavy atom. The largest absolute Gasteiger partial charge is 0.445 e. The van der Waals surface area contributed by atoms with Crippen LogP contribution in [0.3, 0.4) is 0 Å². The Balaban J connectivity index is 1.36. The number of amides is 2. The maximum Gasteiger partial charge on any atom is 0.414 e. The van der Waals surface area contributed by atoms with Gasteiger partial charge in [-0.3, -0.25) is 14.9 Å². The Labute approximate surface area is 240 Å². The molecule has 0 radical (unpaired) electrons. The topological polar surface area (TPSA) is 84.9 Å². The molecule has 1 N–H and O–H groups in total. The summed E-state index contributed by atoms with van der Waals surface area (Å²) < 4.78 is 12.6. The number of allylic oxidation sites excluding steroid dienone is 2. The fraction of sp³-hybridized carbons (Fsp3) is 0.848. The van der Waals surface area contributed by atoms with E-state index in [0.29, 0.717) is 24.0 Å². The van der Waals surface area contributed by atoms with E-state index in [2.05, 4.69) is 50.1 Å². The second-order valence-electron chi connectivity index (χ2n) is 14.8. The number of carbonyl (C=O) groups is 3. The maximum atomic E-state index is 14.7. The monoisotopic (exact) mass is 554 g/mol. The van der Waals surface area contributed by atoms with Crippen molar-refractivity contribution in [1.82, 2.24) is 10.2 Å². The molecule has 7 heteroatoms. The highest BCUT2D eigenvalue weighted by Gasteiger charge is 2.69. The van der Waals surface area contributed by atoms with Crippen LogP contribution in [0.4, 0.5) is 4.79 Å². The first-order valence-corrected chi connectivity index (χ1v) is 16.0. The van der Waals surface area contributed by atoms with E-state index in [-0.39, 0.29) is 46.5 Å². The van der Waals surface area contributed by atoms with Crippen molar-refractivity contribution in [2.45, 2.75) is 97.7 Å². The van der Waals surface area contributed by atoms with Crippen LogP contribution in [0, 0.1) is 51.8 Å². The number of nitrogens with one attached hydrogen (secondary N) is 1. The molecule has 3 saturated carbocycles. The Kier molecular flexibility index (Phi) is 7.25. The molecule has 0 aromatic carbocycles. The van der Waals surface area contributed by atoms with Crippen LogP contribution >= 0.6 is 0 Å². The van der Waals surface area contributed by atoms with Crippen molar-refractivity contribution in [2.75, 3.05) is 26.7 Å². The molecule has 40 heavy (non-hydrogen) atoms. The standard InChI is InChI=1S/C33H50N2O5/c1-20-11-14-33-15-12-25(39-5)27(33)32(20,4)26(17-31(3,28(36)21(33)2)23-9-7-6-8-10-23)40-30(38)34-29(37)24-19-35-16-13-22(24)18-35/h7,9,20-27H,6,8,10-19H2,1-5H3,(H,34,37,38)/t20-,21+,22-,23?,24+,25-,26-,27?,31+,32+,33?/m1/s1. The zero-order valence-electron chi connectivity index (χ0n) is 25.2. The molecule has 12 atom stereocenters. The molecular weight excluding hydrogens is 504 g/mol. The number of nitrogens with zero attached hydrogens (tertiary/aromatic N) is 1. The lowest BCUT2D eigenvalue weighted by molar-refractivity contribution is -0.194. The summed E-state index contributed by atoms with van der Waals surface area (Å²) in [5.74, 6) is 0.749. The molecule has 0 aromatic rings. The molecule has 6 rings (SSSR count). The summed E-state index contributed by atoms with van der Waals surface area (Å²) in [6.45, 7) is 11.6. The number of fused-ring (bicyclic) bond motifs is 2. The van der Waals surface area contributed by atoms with E-state index in [4.69, 9.17) is 9.47 Å². The predicted octanol–water partition coefficient (Wildman–Crippen LogP) is 5.38. The van der Waals surface area contributed by atoms with Gasteiger partial charge in [-0.15, -0.1) is 0 Å². The maximum absolute atomic E-state index is 14.7. The summed E-state index contributed by atoms with van der Waals surface area (Å²) in [6, 6.07) is 0. The molecule has 7 nitrogen and oxygen atoms in total. The lowest BCUT2D eigenvalue weighted by atomic mass is 9.43. The predicted molar refractivity (Wildman–Crippen MR) is 152 cm³/mol. The molecule has 5 fully saturated rings. The van der Waals surface area contributed by atoms with Gasteiger partial charge in [0.25, 0.3) is 0 Å². The van der Waals surface area contributed by atoms with Crippen molar-refractivity contribution >= 4 is 17.8 Å². The van der Waals surface area contributed by atoms with E-state index in [1.54, 1.807) is 7.11 Å². The molecule has 2 saturated heterocycles. The minimum atomic E-state index is -0.646.